The van der Waals surface area contributed by atoms with Gasteiger partial charge in [0.15, 0.2) is 0 Å². The molecule has 0 N–H and O–H groups in total. The van der Waals surface area contributed by atoms with Gasteiger partial charge in [0.25, 0.3) is 17.5 Å². The Morgan fingerprint density at radius 1 is 0.933 bits per heavy atom. The second-order valence-corrected chi connectivity index (χ2v) is 7.42. The number of amides is 2. The first kappa shape index (κ1) is 19.8. The average Bonchev–Trinajstić information content (AvgIpc) is 2.98. The molecule has 0 aromatic heterocycles. The third-order valence-corrected chi connectivity index (χ3v) is 5.22. The topological polar surface area (TPSA) is 93.0 Å². The molecular formula is C22H21N3O5. The summed E-state index contributed by atoms with van der Waals surface area (Å²) in [5.41, 5.74) is 3.39. The SMILES string of the molecule is Cc1cc(C)cc(N2C(=O)C(c3ccc([N+](=O)[O-])cc3)=C(N3CCOCC3)C2=O)c1. The predicted octanol–water partition coefficient (Wildman–Crippen LogP) is 2.83. The summed E-state index contributed by atoms with van der Waals surface area (Å²) in [6, 6.07) is 11.3. The van der Waals surface area contributed by atoms with Gasteiger partial charge in [-0.15, -0.1) is 0 Å². The number of morpholine rings is 1. The van der Waals surface area contributed by atoms with Crippen molar-refractivity contribution in [3.63, 3.8) is 0 Å². The van der Waals surface area contributed by atoms with Gasteiger partial charge in [-0.05, 0) is 54.8 Å². The molecule has 2 aliphatic heterocycles. The number of nitrogens with zero attached hydrogens (tertiary/aromatic N) is 3. The molecule has 0 spiro atoms. The summed E-state index contributed by atoms with van der Waals surface area (Å²) >= 11 is 0. The number of nitro benzene ring substituents is 1. The molecule has 8 heteroatoms. The Balaban J connectivity index is 1.83. The summed E-state index contributed by atoms with van der Waals surface area (Å²) in [6.07, 6.45) is 0. The fraction of sp³-hybridized carbons (Fsp3) is 0.273. The van der Waals surface area contributed by atoms with Crippen LogP contribution in [0.25, 0.3) is 5.57 Å². The quantitative estimate of drug-likeness (QED) is 0.440. The van der Waals surface area contributed by atoms with Crippen LogP contribution < -0.4 is 4.90 Å². The van der Waals surface area contributed by atoms with Gasteiger partial charge in [0.05, 0.1) is 29.4 Å². The van der Waals surface area contributed by atoms with Crippen LogP contribution in [0.4, 0.5) is 11.4 Å². The van der Waals surface area contributed by atoms with Crippen molar-refractivity contribution < 1.29 is 19.2 Å². The van der Waals surface area contributed by atoms with Crippen molar-refractivity contribution in [2.24, 2.45) is 0 Å². The van der Waals surface area contributed by atoms with E-state index < -0.39 is 10.8 Å². The monoisotopic (exact) mass is 407 g/mol. The molecule has 4 rings (SSSR count). The summed E-state index contributed by atoms with van der Waals surface area (Å²) in [5, 5.41) is 11.0. The van der Waals surface area contributed by atoms with Crippen LogP contribution in [-0.2, 0) is 14.3 Å². The lowest BCUT2D eigenvalue weighted by atomic mass is 10.0. The molecule has 2 aromatic carbocycles. The van der Waals surface area contributed by atoms with Crippen LogP contribution >= 0.6 is 0 Å². The van der Waals surface area contributed by atoms with Gasteiger partial charge in [0, 0.05) is 25.2 Å². The van der Waals surface area contributed by atoms with E-state index in [1.807, 2.05) is 24.8 Å². The van der Waals surface area contributed by atoms with E-state index in [1.165, 1.54) is 29.2 Å². The first-order valence-corrected chi connectivity index (χ1v) is 9.65. The molecular weight excluding hydrogens is 386 g/mol. The predicted molar refractivity (Wildman–Crippen MR) is 111 cm³/mol. The maximum atomic E-state index is 13.5. The highest BCUT2D eigenvalue weighted by Crippen LogP contribution is 2.36. The first-order valence-electron chi connectivity index (χ1n) is 9.65. The van der Waals surface area contributed by atoms with E-state index in [2.05, 4.69) is 0 Å². The highest BCUT2D eigenvalue weighted by Gasteiger charge is 2.43. The molecule has 0 atom stereocenters. The van der Waals surface area contributed by atoms with Gasteiger partial charge in [0.2, 0.25) is 0 Å². The molecule has 0 unspecified atom stereocenters. The number of rotatable bonds is 4. The summed E-state index contributed by atoms with van der Waals surface area (Å²) in [7, 11) is 0. The molecule has 0 bridgehead atoms. The number of carbonyl (C=O) groups excluding carboxylic acids is 2. The second kappa shape index (κ2) is 7.72. The first-order chi connectivity index (χ1) is 14.4. The van der Waals surface area contributed by atoms with Crippen molar-refractivity contribution in [2.75, 3.05) is 31.2 Å². The number of carbonyl (C=O) groups is 2. The average molecular weight is 407 g/mol. The van der Waals surface area contributed by atoms with Gasteiger partial charge in [-0.3, -0.25) is 19.7 Å². The number of ether oxygens (including phenoxy) is 1. The lowest BCUT2D eigenvalue weighted by molar-refractivity contribution is -0.384. The van der Waals surface area contributed by atoms with Crippen LogP contribution in [0.1, 0.15) is 16.7 Å². The molecule has 0 saturated carbocycles. The van der Waals surface area contributed by atoms with Gasteiger partial charge < -0.3 is 9.64 Å². The highest BCUT2D eigenvalue weighted by atomic mass is 16.6. The molecule has 30 heavy (non-hydrogen) atoms. The number of nitro groups is 1. The normalized spacial score (nSPS) is 17.1. The standard InChI is InChI=1S/C22H21N3O5/c1-14-11-15(2)13-18(12-14)24-21(26)19(16-3-5-17(6-4-16)25(28)29)20(22(24)27)23-7-9-30-10-8-23/h3-6,11-13H,7-10H2,1-2H3. The third-order valence-electron chi connectivity index (χ3n) is 5.22. The smallest absolute Gasteiger partial charge is 0.282 e. The second-order valence-electron chi connectivity index (χ2n) is 7.42. The molecule has 0 radical (unpaired) electrons. The number of hydrogen-bond donors (Lipinski definition) is 0. The van der Waals surface area contributed by atoms with Crippen molar-refractivity contribution in [2.45, 2.75) is 13.8 Å². The Kier molecular flexibility index (Phi) is 5.09. The number of benzene rings is 2. The van der Waals surface area contributed by atoms with Crippen LogP contribution in [0, 0.1) is 24.0 Å². The number of anilines is 1. The molecule has 8 nitrogen and oxygen atoms in total. The third kappa shape index (κ3) is 3.46. The largest absolute Gasteiger partial charge is 0.378 e. The van der Waals surface area contributed by atoms with E-state index in [4.69, 9.17) is 4.74 Å². The summed E-state index contributed by atoms with van der Waals surface area (Å²) in [5.74, 6) is -0.819. The van der Waals surface area contributed by atoms with Crippen molar-refractivity contribution in [3.05, 3.63) is 75.0 Å². The van der Waals surface area contributed by atoms with Gasteiger partial charge in [-0.25, -0.2) is 4.90 Å². The molecule has 2 aromatic rings. The molecule has 0 aliphatic carbocycles. The molecule has 2 heterocycles. The van der Waals surface area contributed by atoms with E-state index in [-0.39, 0.29) is 17.2 Å². The van der Waals surface area contributed by atoms with E-state index in [0.717, 1.165) is 11.1 Å². The zero-order valence-corrected chi connectivity index (χ0v) is 16.8. The van der Waals surface area contributed by atoms with Crippen LogP contribution in [0.5, 0.6) is 0 Å². The van der Waals surface area contributed by atoms with Gasteiger partial charge >= 0.3 is 0 Å². The van der Waals surface area contributed by atoms with Gasteiger partial charge in [-0.2, -0.15) is 0 Å². The minimum Gasteiger partial charge on any atom is -0.378 e. The Labute approximate surface area is 173 Å². The number of imide groups is 1. The fourth-order valence-corrected chi connectivity index (χ4v) is 3.92. The Hall–Kier alpha value is -3.52. The van der Waals surface area contributed by atoms with Crippen LogP contribution in [0.2, 0.25) is 0 Å². The Morgan fingerprint density at radius 3 is 2.10 bits per heavy atom. The maximum absolute atomic E-state index is 13.5. The fourth-order valence-electron chi connectivity index (χ4n) is 3.92. The lowest BCUT2D eigenvalue weighted by Gasteiger charge is -2.29. The van der Waals surface area contributed by atoms with Crippen molar-refractivity contribution in [1.29, 1.82) is 0 Å². The van der Waals surface area contributed by atoms with Crippen molar-refractivity contribution in [3.8, 4) is 0 Å². The number of aryl methyl sites for hydroxylation is 2. The molecule has 1 fully saturated rings. The molecule has 2 aliphatic rings. The zero-order chi connectivity index (χ0) is 21.4. The van der Waals surface area contributed by atoms with Crippen molar-refractivity contribution >= 4 is 28.8 Å². The molecule has 1 saturated heterocycles. The summed E-state index contributed by atoms with van der Waals surface area (Å²) in [6.45, 7) is 5.73. The minimum absolute atomic E-state index is 0.0739. The Bertz CT molecular complexity index is 1050. The van der Waals surface area contributed by atoms with E-state index in [9.17, 15) is 19.7 Å². The minimum atomic E-state index is -0.496. The summed E-state index contributed by atoms with van der Waals surface area (Å²) in [4.78, 5) is 40.5. The van der Waals surface area contributed by atoms with Gasteiger partial charge in [0.1, 0.15) is 5.70 Å². The highest BCUT2D eigenvalue weighted by molar-refractivity contribution is 6.45. The molecule has 2 amide bonds. The number of hydrogen-bond acceptors (Lipinski definition) is 6. The lowest BCUT2D eigenvalue weighted by Crippen LogP contribution is -2.40. The van der Waals surface area contributed by atoms with E-state index in [1.54, 1.807) is 12.1 Å². The molecule has 154 valence electrons. The van der Waals surface area contributed by atoms with E-state index in [0.29, 0.717) is 43.3 Å². The number of non-ortho nitro benzene ring substituents is 1. The summed E-state index contributed by atoms with van der Waals surface area (Å²) < 4.78 is 5.40. The van der Waals surface area contributed by atoms with E-state index >= 15 is 0 Å². The Morgan fingerprint density at radius 2 is 1.53 bits per heavy atom. The zero-order valence-electron chi connectivity index (χ0n) is 16.8. The maximum Gasteiger partial charge on any atom is 0.282 e. The van der Waals surface area contributed by atoms with Crippen molar-refractivity contribution in [1.82, 2.24) is 4.90 Å². The van der Waals surface area contributed by atoms with Crippen LogP contribution in [0.15, 0.2) is 48.2 Å². The van der Waals surface area contributed by atoms with Crippen LogP contribution in [0.3, 0.4) is 0 Å². The van der Waals surface area contributed by atoms with Gasteiger partial charge in [-0.1, -0.05) is 6.07 Å². The van der Waals surface area contributed by atoms with Crippen LogP contribution in [-0.4, -0.2) is 47.9 Å².